The number of aryl methyl sites for hydroxylation is 2. The standard InChI is InChI=1S/C18H28N6O2/c1-5-24-13(3)17(12(2)21-24)20-16(25)11-23(4)10-15-19-18(26-22-15)14-8-6-7-9-14/h14H,5-11H2,1-4H3,(H,20,25). The third kappa shape index (κ3) is 4.12. The Morgan fingerprint density at radius 2 is 2.08 bits per heavy atom. The molecule has 1 N–H and O–H groups in total. The molecular weight excluding hydrogens is 332 g/mol. The van der Waals surface area contributed by atoms with Crippen LogP contribution in [0.1, 0.15) is 61.6 Å². The minimum absolute atomic E-state index is 0.0751. The molecule has 0 aromatic carbocycles. The van der Waals surface area contributed by atoms with Gasteiger partial charge in [0.05, 0.1) is 30.2 Å². The first-order chi connectivity index (χ1) is 12.5. The van der Waals surface area contributed by atoms with Gasteiger partial charge in [-0.2, -0.15) is 10.1 Å². The van der Waals surface area contributed by atoms with E-state index in [2.05, 4.69) is 20.6 Å². The van der Waals surface area contributed by atoms with Crippen LogP contribution in [0, 0.1) is 13.8 Å². The fourth-order valence-corrected chi connectivity index (χ4v) is 3.58. The summed E-state index contributed by atoms with van der Waals surface area (Å²) in [5.74, 6) is 1.71. The number of carbonyl (C=O) groups is 1. The zero-order valence-corrected chi connectivity index (χ0v) is 16.1. The van der Waals surface area contributed by atoms with Crippen LogP contribution in [0.5, 0.6) is 0 Å². The second-order valence-corrected chi connectivity index (χ2v) is 7.11. The lowest BCUT2D eigenvalue weighted by Gasteiger charge is -2.14. The van der Waals surface area contributed by atoms with Crippen LogP contribution in [-0.2, 0) is 17.9 Å². The number of aromatic nitrogens is 4. The van der Waals surface area contributed by atoms with Gasteiger partial charge in [0.15, 0.2) is 5.82 Å². The fraction of sp³-hybridized carbons (Fsp3) is 0.667. The Labute approximate surface area is 153 Å². The minimum atomic E-state index is -0.0751. The molecule has 142 valence electrons. The van der Waals surface area contributed by atoms with Crippen molar-refractivity contribution in [2.45, 2.75) is 65.5 Å². The number of carbonyl (C=O) groups excluding carboxylic acids is 1. The SMILES string of the molecule is CCn1nc(C)c(NC(=O)CN(C)Cc2noc(C3CCCC3)n2)c1C. The Kier molecular flexibility index (Phi) is 5.70. The normalized spacial score (nSPS) is 15.1. The number of anilines is 1. The van der Waals surface area contributed by atoms with Crippen molar-refractivity contribution in [3.05, 3.63) is 23.1 Å². The van der Waals surface area contributed by atoms with Gasteiger partial charge in [-0.25, -0.2) is 0 Å². The largest absolute Gasteiger partial charge is 0.339 e. The lowest BCUT2D eigenvalue weighted by atomic mass is 10.1. The first-order valence-corrected chi connectivity index (χ1v) is 9.32. The topological polar surface area (TPSA) is 89.1 Å². The van der Waals surface area contributed by atoms with E-state index >= 15 is 0 Å². The zero-order chi connectivity index (χ0) is 18.7. The van der Waals surface area contributed by atoms with Crippen molar-refractivity contribution in [2.75, 3.05) is 18.9 Å². The molecule has 2 aromatic rings. The van der Waals surface area contributed by atoms with E-state index in [1.807, 2.05) is 37.4 Å². The Hall–Kier alpha value is -2.22. The second kappa shape index (κ2) is 7.99. The predicted molar refractivity (Wildman–Crippen MR) is 97.8 cm³/mol. The molecule has 0 bridgehead atoms. The predicted octanol–water partition coefficient (Wildman–Crippen LogP) is 2.63. The van der Waals surface area contributed by atoms with Crippen LogP contribution in [0.3, 0.4) is 0 Å². The van der Waals surface area contributed by atoms with Crippen molar-refractivity contribution in [3.63, 3.8) is 0 Å². The van der Waals surface area contributed by atoms with Gasteiger partial charge in [0, 0.05) is 12.5 Å². The molecule has 8 heteroatoms. The average molecular weight is 360 g/mol. The maximum atomic E-state index is 12.4. The van der Waals surface area contributed by atoms with Crippen molar-refractivity contribution in [2.24, 2.45) is 0 Å². The molecule has 1 amide bonds. The fourth-order valence-electron chi connectivity index (χ4n) is 3.58. The molecule has 8 nitrogen and oxygen atoms in total. The number of hydrogen-bond acceptors (Lipinski definition) is 6. The third-order valence-corrected chi connectivity index (χ3v) is 4.96. The Morgan fingerprint density at radius 1 is 1.35 bits per heavy atom. The van der Waals surface area contributed by atoms with Gasteiger partial charge in [0.2, 0.25) is 11.8 Å². The van der Waals surface area contributed by atoms with Gasteiger partial charge >= 0.3 is 0 Å². The molecule has 2 heterocycles. The molecule has 0 radical (unpaired) electrons. The Bertz CT molecular complexity index is 760. The van der Waals surface area contributed by atoms with E-state index in [1.54, 1.807) is 0 Å². The lowest BCUT2D eigenvalue weighted by Crippen LogP contribution is -2.30. The second-order valence-electron chi connectivity index (χ2n) is 7.11. The van der Waals surface area contributed by atoms with Gasteiger partial charge in [-0.3, -0.25) is 14.4 Å². The summed E-state index contributed by atoms with van der Waals surface area (Å²) in [6, 6.07) is 0. The van der Waals surface area contributed by atoms with Gasteiger partial charge < -0.3 is 9.84 Å². The highest BCUT2D eigenvalue weighted by Crippen LogP contribution is 2.32. The molecule has 0 atom stereocenters. The van der Waals surface area contributed by atoms with Crippen molar-refractivity contribution >= 4 is 11.6 Å². The summed E-state index contributed by atoms with van der Waals surface area (Å²) >= 11 is 0. The summed E-state index contributed by atoms with van der Waals surface area (Å²) in [5.41, 5.74) is 2.61. The van der Waals surface area contributed by atoms with Crippen LogP contribution < -0.4 is 5.32 Å². The van der Waals surface area contributed by atoms with Gasteiger partial charge in [-0.05, 0) is 40.7 Å². The molecule has 26 heavy (non-hydrogen) atoms. The first-order valence-electron chi connectivity index (χ1n) is 9.32. The van der Waals surface area contributed by atoms with E-state index in [0.717, 1.165) is 42.4 Å². The maximum absolute atomic E-state index is 12.4. The smallest absolute Gasteiger partial charge is 0.238 e. The summed E-state index contributed by atoms with van der Waals surface area (Å²) in [5, 5.41) is 11.5. The number of rotatable bonds is 7. The van der Waals surface area contributed by atoms with Gasteiger partial charge in [0.1, 0.15) is 0 Å². The third-order valence-electron chi connectivity index (χ3n) is 4.96. The minimum Gasteiger partial charge on any atom is -0.339 e. The van der Waals surface area contributed by atoms with Gasteiger partial charge in [-0.1, -0.05) is 18.0 Å². The van der Waals surface area contributed by atoms with Crippen molar-refractivity contribution in [1.29, 1.82) is 0 Å². The van der Waals surface area contributed by atoms with Crippen LogP contribution >= 0.6 is 0 Å². The highest BCUT2D eigenvalue weighted by atomic mass is 16.5. The van der Waals surface area contributed by atoms with E-state index in [4.69, 9.17) is 4.52 Å². The van der Waals surface area contributed by atoms with Crippen LogP contribution in [0.2, 0.25) is 0 Å². The van der Waals surface area contributed by atoms with Gasteiger partial charge in [-0.15, -0.1) is 0 Å². The van der Waals surface area contributed by atoms with E-state index in [1.165, 1.54) is 12.8 Å². The first kappa shape index (κ1) is 18.6. The van der Waals surface area contributed by atoms with Crippen LogP contribution in [-0.4, -0.2) is 44.3 Å². The molecule has 0 saturated heterocycles. The van der Waals surface area contributed by atoms with Gasteiger partial charge in [0.25, 0.3) is 0 Å². The van der Waals surface area contributed by atoms with E-state index < -0.39 is 0 Å². The number of amides is 1. The van der Waals surface area contributed by atoms with Crippen molar-refractivity contribution in [3.8, 4) is 0 Å². The number of nitrogens with zero attached hydrogens (tertiary/aromatic N) is 5. The maximum Gasteiger partial charge on any atom is 0.238 e. The number of hydrogen-bond donors (Lipinski definition) is 1. The molecule has 1 aliphatic carbocycles. The zero-order valence-electron chi connectivity index (χ0n) is 16.1. The van der Waals surface area contributed by atoms with Crippen molar-refractivity contribution in [1.82, 2.24) is 24.8 Å². The summed E-state index contributed by atoms with van der Waals surface area (Å²) < 4.78 is 7.28. The molecule has 0 spiro atoms. The Morgan fingerprint density at radius 3 is 2.73 bits per heavy atom. The molecule has 2 aromatic heterocycles. The molecular formula is C18H28N6O2. The van der Waals surface area contributed by atoms with E-state index in [0.29, 0.717) is 18.3 Å². The summed E-state index contributed by atoms with van der Waals surface area (Å²) in [7, 11) is 1.88. The van der Waals surface area contributed by atoms with Crippen LogP contribution in [0.15, 0.2) is 4.52 Å². The molecule has 1 fully saturated rings. The van der Waals surface area contributed by atoms with Crippen LogP contribution in [0.25, 0.3) is 0 Å². The molecule has 1 saturated carbocycles. The number of nitrogens with one attached hydrogen (secondary N) is 1. The highest BCUT2D eigenvalue weighted by molar-refractivity contribution is 5.93. The molecule has 0 aliphatic heterocycles. The Balaban J connectivity index is 1.54. The average Bonchev–Trinajstić information content (AvgIpc) is 3.31. The van der Waals surface area contributed by atoms with Crippen LogP contribution in [0.4, 0.5) is 5.69 Å². The monoisotopic (exact) mass is 360 g/mol. The summed E-state index contributed by atoms with van der Waals surface area (Å²) in [6.45, 7) is 7.42. The number of likely N-dealkylation sites (N-methyl/N-ethyl adjacent to an activating group) is 1. The summed E-state index contributed by atoms with van der Waals surface area (Å²) in [6.07, 6.45) is 4.72. The lowest BCUT2D eigenvalue weighted by molar-refractivity contribution is -0.117. The quantitative estimate of drug-likeness (QED) is 0.816. The molecule has 1 aliphatic rings. The molecule has 0 unspecified atom stereocenters. The van der Waals surface area contributed by atoms with E-state index in [-0.39, 0.29) is 12.5 Å². The van der Waals surface area contributed by atoms with Crippen molar-refractivity contribution < 1.29 is 9.32 Å². The summed E-state index contributed by atoms with van der Waals surface area (Å²) in [4.78, 5) is 18.8. The molecule has 3 rings (SSSR count). The van der Waals surface area contributed by atoms with E-state index in [9.17, 15) is 4.79 Å². The highest BCUT2D eigenvalue weighted by Gasteiger charge is 2.23.